The molecule has 0 radical (unpaired) electrons. The second-order valence-corrected chi connectivity index (χ2v) is 3.70. The van der Waals surface area contributed by atoms with E-state index in [1.54, 1.807) is 49.4 Å². The fraction of sp³-hybridized carbons (Fsp3) is 0.0625. The van der Waals surface area contributed by atoms with Crippen molar-refractivity contribution in [3.05, 3.63) is 76.6 Å². The first-order chi connectivity index (χ1) is 9.76. The summed E-state index contributed by atoms with van der Waals surface area (Å²) < 4.78 is 5.61. The van der Waals surface area contributed by atoms with Crippen molar-refractivity contribution in [1.29, 1.82) is 0 Å². The molecule has 0 unspecified atom stereocenters. The molecule has 0 atom stereocenters. The lowest BCUT2D eigenvalue weighted by Gasteiger charge is -1.90. The fourth-order valence-corrected chi connectivity index (χ4v) is 1.53. The van der Waals surface area contributed by atoms with Gasteiger partial charge in [-0.25, -0.2) is 0 Å². The Morgan fingerprint density at radius 3 is 2.70 bits per heavy atom. The van der Waals surface area contributed by atoms with Gasteiger partial charge in [-0.1, -0.05) is 24.8 Å². The topological polar surface area (TPSA) is 61.2 Å². The Morgan fingerprint density at radius 2 is 2.10 bits per heavy atom. The first-order valence-corrected chi connectivity index (χ1v) is 6.03. The lowest BCUT2D eigenvalue weighted by molar-refractivity contribution is -0.413. The van der Waals surface area contributed by atoms with Gasteiger partial charge in [-0.3, -0.25) is 4.79 Å². The van der Waals surface area contributed by atoms with Crippen LogP contribution in [0.3, 0.4) is 0 Å². The highest BCUT2D eigenvalue weighted by Crippen LogP contribution is 2.03. The quantitative estimate of drug-likeness (QED) is 0.464. The summed E-state index contributed by atoms with van der Waals surface area (Å²) in [5.41, 5.74) is 1.99. The molecule has 0 spiro atoms. The second-order valence-electron chi connectivity index (χ2n) is 3.70. The molecular formula is C16H16NO3+. The summed E-state index contributed by atoms with van der Waals surface area (Å²) >= 11 is 0. The van der Waals surface area contributed by atoms with Crippen LogP contribution >= 0.6 is 0 Å². The van der Waals surface area contributed by atoms with Gasteiger partial charge in [0, 0.05) is 10.1 Å². The number of aldehydes is 1. The van der Waals surface area contributed by atoms with E-state index in [2.05, 4.69) is 6.58 Å². The molecule has 0 bridgehead atoms. The van der Waals surface area contributed by atoms with Gasteiger partial charge in [-0.15, -0.1) is 0 Å². The van der Waals surface area contributed by atoms with Crippen molar-refractivity contribution in [1.82, 2.24) is 0 Å². The van der Waals surface area contributed by atoms with E-state index in [0.717, 1.165) is 0 Å². The Morgan fingerprint density at radius 1 is 1.30 bits per heavy atom. The zero-order valence-corrected chi connectivity index (χ0v) is 11.2. The molecule has 0 aliphatic rings. The Labute approximate surface area is 116 Å². The minimum atomic E-state index is 0.339. The van der Waals surface area contributed by atoms with E-state index in [0.29, 0.717) is 28.4 Å². The van der Waals surface area contributed by atoms with Crippen LogP contribution in [-0.2, 0) is 4.79 Å². The number of carbonyl (C=O) groups is 1. The average Bonchev–Trinajstić information content (AvgIpc) is 2.92. The van der Waals surface area contributed by atoms with Gasteiger partial charge < -0.3 is 4.42 Å². The molecule has 0 aromatic carbocycles. The highest BCUT2D eigenvalue weighted by molar-refractivity contribution is 5.75. The Bertz CT molecular complexity index is 688. The summed E-state index contributed by atoms with van der Waals surface area (Å²) in [6.45, 7) is 5.29. The summed E-state index contributed by atoms with van der Waals surface area (Å²) in [5, 5.41) is 1.83. The molecule has 102 valence electrons. The van der Waals surface area contributed by atoms with Crippen LogP contribution in [0.25, 0.3) is 11.6 Å². The molecule has 0 saturated carbocycles. The standard InChI is InChI=1S/C16H15NO3/c1-3-5-6-8-13-10-11-16(20-13)14(9-7-12-18)15(4-2)17-19/h3-12H,1H2,2H3/p+1/b6-5-,9-7-,13-8-,15-4+,16-14-. The summed E-state index contributed by atoms with van der Waals surface area (Å²) in [6, 6.07) is 3.51. The molecule has 1 heterocycles. The number of hydrogen-bond acceptors (Lipinski definition) is 3. The van der Waals surface area contributed by atoms with Crippen LogP contribution in [0.1, 0.15) is 6.92 Å². The summed E-state index contributed by atoms with van der Waals surface area (Å²) in [4.78, 5) is 21.4. The molecule has 1 aromatic heterocycles. The Hall–Kier alpha value is -2.75. The van der Waals surface area contributed by atoms with Crippen molar-refractivity contribution in [3.63, 3.8) is 0 Å². The van der Waals surface area contributed by atoms with Gasteiger partial charge in [0.15, 0.2) is 0 Å². The van der Waals surface area contributed by atoms with Crippen molar-refractivity contribution < 1.29 is 14.4 Å². The smallest absolute Gasteiger partial charge is 0.260 e. The van der Waals surface area contributed by atoms with E-state index < -0.39 is 0 Å². The number of carbonyl (C=O) groups excluding carboxylic acids is 1. The maximum Gasteiger partial charge on any atom is 0.260 e. The van der Waals surface area contributed by atoms with Crippen LogP contribution in [0.15, 0.2) is 65.3 Å². The molecular weight excluding hydrogens is 254 g/mol. The lowest BCUT2D eigenvalue weighted by atomic mass is 10.1. The minimum Gasteiger partial charge on any atom is -0.456 e. The number of nitroso groups, excluding NO2 is 1. The number of nitrogens with one attached hydrogen (secondary N) is 1. The van der Waals surface area contributed by atoms with E-state index in [9.17, 15) is 9.70 Å². The number of hydrogen-bond donors (Lipinski definition) is 1. The zero-order valence-electron chi connectivity index (χ0n) is 11.2. The number of rotatable bonds is 6. The molecule has 0 aliphatic carbocycles. The summed E-state index contributed by atoms with van der Waals surface area (Å²) in [5.74, 6) is 0. The van der Waals surface area contributed by atoms with Gasteiger partial charge in [0.25, 0.3) is 5.70 Å². The first-order valence-electron chi connectivity index (χ1n) is 6.03. The third kappa shape index (κ3) is 4.17. The van der Waals surface area contributed by atoms with E-state index in [4.69, 9.17) is 4.42 Å². The van der Waals surface area contributed by atoms with E-state index in [-0.39, 0.29) is 0 Å². The van der Waals surface area contributed by atoms with Crippen molar-refractivity contribution in [2.45, 2.75) is 6.92 Å². The van der Waals surface area contributed by atoms with E-state index >= 15 is 0 Å². The largest absolute Gasteiger partial charge is 0.456 e. The van der Waals surface area contributed by atoms with Crippen LogP contribution in [0, 0.1) is 4.91 Å². The molecule has 4 heteroatoms. The van der Waals surface area contributed by atoms with Crippen LogP contribution in [0.2, 0.25) is 0 Å². The van der Waals surface area contributed by atoms with Gasteiger partial charge in [0.05, 0.1) is 5.57 Å². The molecule has 0 fully saturated rings. The van der Waals surface area contributed by atoms with Crippen LogP contribution in [0.4, 0.5) is 0 Å². The van der Waals surface area contributed by atoms with Crippen LogP contribution in [-0.4, -0.2) is 6.29 Å². The van der Waals surface area contributed by atoms with Crippen molar-refractivity contribution in [3.8, 4) is 0 Å². The molecule has 0 saturated heterocycles. The third-order valence-electron chi connectivity index (χ3n) is 2.43. The molecule has 1 rings (SSSR count). The molecule has 1 aromatic rings. The van der Waals surface area contributed by atoms with Gasteiger partial charge in [-0.05, 0) is 43.4 Å². The fourth-order valence-electron chi connectivity index (χ4n) is 1.53. The van der Waals surface area contributed by atoms with Crippen molar-refractivity contribution in [2.24, 2.45) is 0 Å². The molecule has 4 nitrogen and oxygen atoms in total. The maximum absolute atomic E-state index is 10.9. The highest BCUT2D eigenvalue weighted by atomic mass is 16.3. The Kier molecular flexibility index (Phi) is 6.41. The number of allylic oxidation sites excluding steroid dienone is 6. The zero-order chi connectivity index (χ0) is 14.8. The first kappa shape index (κ1) is 15.3. The van der Waals surface area contributed by atoms with Crippen LogP contribution < -0.4 is 16.0 Å². The van der Waals surface area contributed by atoms with Gasteiger partial charge >= 0.3 is 0 Å². The van der Waals surface area contributed by atoms with E-state index in [1.807, 2.05) is 5.18 Å². The molecule has 1 N–H and O–H groups in total. The third-order valence-corrected chi connectivity index (χ3v) is 2.43. The van der Waals surface area contributed by atoms with E-state index in [1.165, 1.54) is 12.2 Å². The van der Waals surface area contributed by atoms with Gasteiger partial charge in [-0.2, -0.15) is 0 Å². The van der Waals surface area contributed by atoms with Gasteiger partial charge in [0.2, 0.25) is 0 Å². The highest BCUT2D eigenvalue weighted by Gasteiger charge is 2.10. The molecule has 20 heavy (non-hydrogen) atoms. The monoisotopic (exact) mass is 270 g/mol. The van der Waals surface area contributed by atoms with Gasteiger partial charge in [0.1, 0.15) is 17.1 Å². The lowest BCUT2D eigenvalue weighted by Crippen LogP contribution is -2.62. The maximum atomic E-state index is 10.9. The SMILES string of the molecule is C=C/C=C\C=c1\cc/c(=C(\C=C/C=O)C(=C\C)/[NH+]=O)o1. The minimum absolute atomic E-state index is 0.339. The van der Waals surface area contributed by atoms with Crippen LogP contribution in [0.5, 0.6) is 0 Å². The second kappa shape index (κ2) is 8.37. The molecule has 0 aliphatic heterocycles. The average molecular weight is 270 g/mol. The Balaban J connectivity index is 3.43. The summed E-state index contributed by atoms with van der Waals surface area (Å²) in [6.07, 6.45) is 12.1. The van der Waals surface area contributed by atoms with Crippen molar-refractivity contribution >= 4 is 17.9 Å². The predicted molar refractivity (Wildman–Crippen MR) is 78.5 cm³/mol. The normalized spacial score (nSPS) is 14.8. The number of furan rings is 1. The molecule has 0 amide bonds. The summed E-state index contributed by atoms with van der Waals surface area (Å²) in [7, 11) is 0. The van der Waals surface area contributed by atoms with Crippen molar-refractivity contribution in [2.75, 3.05) is 0 Å². The predicted octanol–water partition coefficient (Wildman–Crippen LogP) is 0.459.